The maximum atomic E-state index is 13.0. The minimum Gasteiger partial charge on any atom is -0.367 e. The van der Waals surface area contributed by atoms with Gasteiger partial charge in [-0.3, -0.25) is 19.1 Å². The first-order valence-corrected chi connectivity index (χ1v) is 11.1. The third-order valence-electron chi connectivity index (χ3n) is 5.55. The maximum absolute atomic E-state index is 13.0. The Morgan fingerprint density at radius 1 is 0.886 bits per heavy atom. The lowest BCUT2D eigenvalue weighted by Crippen LogP contribution is -2.23. The van der Waals surface area contributed by atoms with E-state index in [0.717, 1.165) is 5.56 Å². The van der Waals surface area contributed by atoms with Gasteiger partial charge in [-0.25, -0.2) is 4.68 Å². The molecule has 1 aromatic heterocycles. The predicted molar refractivity (Wildman–Crippen MR) is 135 cm³/mol. The molecule has 8 heteroatoms. The molecule has 0 radical (unpaired) electrons. The summed E-state index contributed by atoms with van der Waals surface area (Å²) in [4.78, 5) is 38.2. The van der Waals surface area contributed by atoms with E-state index in [-0.39, 0.29) is 23.8 Å². The summed E-state index contributed by atoms with van der Waals surface area (Å²) in [5, 5.41) is 5.46. The standard InChI is InChI=1S/C27H26N4O4/c1-19-25(27(34)31(30(19)2)23-14-7-4-8-15-23)29-26(33)21-12-9-13-22(16-21)28-24(32)18-35-17-20-10-5-3-6-11-20/h3-16H,17-18H2,1-2H3,(H,28,32)(H,29,33). The second-order valence-corrected chi connectivity index (χ2v) is 8.00. The molecule has 1 heterocycles. The second kappa shape index (κ2) is 10.7. The number of nitrogens with one attached hydrogen (secondary N) is 2. The first-order valence-electron chi connectivity index (χ1n) is 11.1. The van der Waals surface area contributed by atoms with Crippen molar-refractivity contribution < 1.29 is 14.3 Å². The Balaban J connectivity index is 1.42. The van der Waals surface area contributed by atoms with Crippen LogP contribution in [-0.4, -0.2) is 27.8 Å². The first kappa shape index (κ1) is 23.7. The molecule has 4 rings (SSSR count). The molecule has 0 bridgehead atoms. The fraction of sp³-hybridized carbons (Fsp3) is 0.148. The van der Waals surface area contributed by atoms with Crippen molar-refractivity contribution in [3.05, 3.63) is 112 Å². The SMILES string of the molecule is Cc1c(NC(=O)c2cccc(NC(=O)COCc3ccccc3)c2)c(=O)n(-c2ccccc2)n1C. The predicted octanol–water partition coefficient (Wildman–Crippen LogP) is 3.89. The van der Waals surface area contributed by atoms with Gasteiger partial charge in [0.25, 0.3) is 11.5 Å². The van der Waals surface area contributed by atoms with Crippen LogP contribution < -0.4 is 16.2 Å². The van der Waals surface area contributed by atoms with Gasteiger partial charge in [-0.1, -0.05) is 54.6 Å². The van der Waals surface area contributed by atoms with Crippen LogP contribution in [0.3, 0.4) is 0 Å². The molecular formula is C27H26N4O4. The van der Waals surface area contributed by atoms with E-state index in [1.54, 1.807) is 42.9 Å². The van der Waals surface area contributed by atoms with Crippen LogP contribution in [0.5, 0.6) is 0 Å². The van der Waals surface area contributed by atoms with E-state index >= 15 is 0 Å². The van der Waals surface area contributed by atoms with Crippen molar-refractivity contribution in [3.8, 4) is 5.69 Å². The number of nitrogens with zero attached hydrogens (tertiary/aromatic N) is 2. The number of benzene rings is 3. The maximum Gasteiger partial charge on any atom is 0.295 e. The number of rotatable bonds is 8. The number of anilines is 2. The molecule has 0 spiro atoms. The van der Waals surface area contributed by atoms with Gasteiger partial charge in [0.15, 0.2) is 0 Å². The highest BCUT2D eigenvalue weighted by Gasteiger charge is 2.19. The lowest BCUT2D eigenvalue weighted by Gasteiger charge is -2.09. The lowest BCUT2D eigenvalue weighted by atomic mass is 10.2. The monoisotopic (exact) mass is 470 g/mol. The molecular weight excluding hydrogens is 444 g/mol. The summed E-state index contributed by atoms with van der Waals surface area (Å²) >= 11 is 0. The van der Waals surface area contributed by atoms with Crippen LogP contribution in [0.2, 0.25) is 0 Å². The highest BCUT2D eigenvalue weighted by Crippen LogP contribution is 2.17. The Kier molecular flexibility index (Phi) is 7.23. The largest absolute Gasteiger partial charge is 0.367 e. The zero-order valence-electron chi connectivity index (χ0n) is 19.5. The van der Waals surface area contributed by atoms with Gasteiger partial charge in [-0.2, -0.15) is 0 Å². The number of hydrogen-bond donors (Lipinski definition) is 2. The van der Waals surface area contributed by atoms with E-state index in [1.807, 2.05) is 60.7 Å². The molecule has 8 nitrogen and oxygen atoms in total. The fourth-order valence-electron chi connectivity index (χ4n) is 3.67. The Bertz CT molecular complexity index is 1390. The fourth-order valence-corrected chi connectivity index (χ4v) is 3.67. The van der Waals surface area contributed by atoms with Crippen LogP contribution >= 0.6 is 0 Å². The van der Waals surface area contributed by atoms with E-state index < -0.39 is 5.91 Å². The number of amides is 2. The number of aromatic nitrogens is 2. The van der Waals surface area contributed by atoms with Gasteiger partial charge in [0, 0.05) is 18.3 Å². The third-order valence-corrected chi connectivity index (χ3v) is 5.55. The molecule has 0 aliphatic carbocycles. The molecule has 178 valence electrons. The van der Waals surface area contributed by atoms with E-state index in [4.69, 9.17) is 4.74 Å². The number of para-hydroxylation sites is 1. The van der Waals surface area contributed by atoms with Crippen LogP contribution in [0.25, 0.3) is 5.69 Å². The second-order valence-electron chi connectivity index (χ2n) is 8.00. The summed E-state index contributed by atoms with van der Waals surface area (Å²) in [6.07, 6.45) is 0. The summed E-state index contributed by atoms with van der Waals surface area (Å²) in [6.45, 7) is 1.98. The number of ether oxygens (including phenoxy) is 1. The summed E-state index contributed by atoms with van der Waals surface area (Å²) in [7, 11) is 1.76. The van der Waals surface area contributed by atoms with Crippen LogP contribution in [0, 0.1) is 6.92 Å². The van der Waals surface area contributed by atoms with Gasteiger partial charge in [-0.15, -0.1) is 0 Å². The van der Waals surface area contributed by atoms with Crippen molar-refractivity contribution in [1.82, 2.24) is 9.36 Å². The number of hydrogen-bond acceptors (Lipinski definition) is 4. The van der Waals surface area contributed by atoms with E-state index in [9.17, 15) is 14.4 Å². The van der Waals surface area contributed by atoms with E-state index in [1.165, 1.54) is 4.68 Å². The molecule has 0 saturated carbocycles. The summed E-state index contributed by atoms with van der Waals surface area (Å²) in [5.74, 6) is -0.782. The Hall–Kier alpha value is -4.43. The van der Waals surface area contributed by atoms with Gasteiger partial charge >= 0.3 is 0 Å². The first-order chi connectivity index (χ1) is 16.9. The Morgan fingerprint density at radius 3 is 2.29 bits per heavy atom. The van der Waals surface area contributed by atoms with E-state index in [0.29, 0.717) is 29.2 Å². The minimum absolute atomic E-state index is 0.118. The summed E-state index contributed by atoms with van der Waals surface area (Å²) < 4.78 is 8.65. The molecule has 0 fully saturated rings. The van der Waals surface area contributed by atoms with Crippen molar-refractivity contribution in [2.24, 2.45) is 7.05 Å². The zero-order chi connectivity index (χ0) is 24.8. The number of carbonyl (C=O) groups is 2. The molecule has 0 atom stereocenters. The molecule has 2 amide bonds. The van der Waals surface area contributed by atoms with Gasteiger partial charge in [0.05, 0.1) is 18.0 Å². The van der Waals surface area contributed by atoms with Crippen molar-refractivity contribution in [2.75, 3.05) is 17.2 Å². The van der Waals surface area contributed by atoms with Gasteiger partial charge < -0.3 is 15.4 Å². The Morgan fingerprint density at radius 2 is 1.57 bits per heavy atom. The molecule has 0 aliphatic rings. The van der Waals surface area contributed by atoms with Crippen molar-refractivity contribution in [3.63, 3.8) is 0 Å². The summed E-state index contributed by atoms with van der Waals surface area (Å²) in [6, 6.07) is 25.3. The zero-order valence-corrected chi connectivity index (χ0v) is 19.5. The van der Waals surface area contributed by atoms with Gasteiger partial charge in [0.2, 0.25) is 5.91 Å². The molecule has 3 aromatic carbocycles. The van der Waals surface area contributed by atoms with Crippen LogP contribution in [-0.2, 0) is 23.2 Å². The lowest BCUT2D eigenvalue weighted by molar-refractivity contribution is -0.121. The number of carbonyl (C=O) groups excluding carboxylic acids is 2. The highest BCUT2D eigenvalue weighted by atomic mass is 16.5. The third kappa shape index (κ3) is 5.56. The smallest absolute Gasteiger partial charge is 0.295 e. The van der Waals surface area contributed by atoms with Crippen molar-refractivity contribution in [2.45, 2.75) is 13.5 Å². The normalized spacial score (nSPS) is 10.7. The van der Waals surface area contributed by atoms with Crippen molar-refractivity contribution in [1.29, 1.82) is 0 Å². The molecule has 2 N–H and O–H groups in total. The van der Waals surface area contributed by atoms with Gasteiger partial charge in [0.1, 0.15) is 12.3 Å². The van der Waals surface area contributed by atoms with Crippen molar-refractivity contribution >= 4 is 23.2 Å². The average molecular weight is 471 g/mol. The topological polar surface area (TPSA) is 94.4 Å². The molecule has 35 heavy (non-hydrogen) atoms. The Labute approximate surface area is 202 Å². The molecule has 0 saturated heterocycles. The summed E-state index contributed by atoms with van der Waals surface area (Å²) in [5.41, 5.74) is 2.92. The highest BCUT2D eigenvalue weighted by molar-refractivity contribution is 6.05. The van der Waals surface area contributed by atoms with Crippen LogP contribution in [0.4, 0.5) is 11.4 Å². The quantitative estimate of drug-likeness (QED) is 0.409. The van der Waals surface area contributed by atoms with Crippen LogP contribution in [0.15, 0.2) is 89.7 Å². The average Bonchev–Trinajstić information content (AvgIpc) is 3.08. The molecule has 4 aromatic rings. The van der Waals surface area contributed by atoms with Crippen LogP contribution in [0.1, 0.15) is 21.6 Å². The molecule has 0 unspecified atom stereocenters. The van der Waals surface area contributed by atoms with Gasteiger partial charge in [-0.05, 0) is 42.8 Å². The molecule has 0 aliphatic heterocycles. The van der Waals surface area contributed by atoms with E-state index in [2.05, 4.69) is 10.6 Å². The minimum atomic E-state index is -0.451.